The average Bonchev–Trinajstić information content (AvgIpc) is 2.72. The van der Waals surface area contributed by atoms with Crippen molar-refractivity contribution in [3.8, 4) is 0 Å². The molecule has 6 heteroatoms. The Kier molecular flexibility index (Phi) is 3.30. The van der Waals surface area contributed by atoms with Crippen LogP contribution in [0.25, 0.3) is 0 Å². The van der Waals surface area contributed by atoms with E-state index in [1.807, 2.05) is 29.2 Å². The Morgan fingerprint density at radius 3 is 2.53 bits per heavy atom. The van der Waals surface area contributed by atoms with E-state index in [0.29, 0.717) is 5.15 Å². The number of pyridine rings is 1. The molecule has 2 heterocycles. The summed E-state index contributed by atoms with van der Waals surface area (Å²) in [4.78, 5) is 4.15. The summed E-state index contributed by atoms with van der Waals surface area (Å²) in [7, 11) is -1.47. The number of hydrogen-bond acceptors (Lipinski definition) is 3. The Morgan fingerprint density at radius 1 is 1.29 bits per heavy atom. The molecule has 0 bridgehead atoms. The molecule has 2 aromatic heterocycles. The van der Waals surface area contributed by atoms with Crippen molar-refractivity contribution in [3.63, 3.8) is 0 Å². The van der Waals surface area contributed by atoms with E-state index in [9.17, 15) is 0 Å². The van der Waals surface area contributed by atoms with Gasteiger partial charge in [0.1, 0.15) is 5.15 Å². The lowest BCUT2D eigenvalue weighted by atomic mass is 10.3. The molecule has 2 aromatic rings. The van der Waals surface area contributed by atoms with Gasteiger partial charge in [-0.2, -0.15) is 0 Å². The topological polar surface area (TPSA) is 43.6 Å². The van der Waals surface area contributed by atoms with Gasteiger partial charge in [0, 0.05) is 12.4 Å². The van der Waals surface area contributed by atoms with E-state index in [1.54, 1.807) is 6.20 Å². The number of rotatable bonds is 3. The second kappa shape index (κ2) is 4.58. The first-order valence-electron chi connectivity index (χ1n) is 5.46. The first-order chi connectivity index (χ1) is 7.98. The van der Waals surface area contributed by atoms with Crippen molar-refractivity contribution >= 4 is 19.7 Å². The first-order valence-corrected chi connectivity index (χ1v) is 9.41. The van der Waals surface area contributed by atoms with Crippen LogP contribution in [0.3, 0.4) is 0 Å². The zero-order chi connectivity index (χ0) is 12.5. The van der Waals surface area contributed by atoms with Gasteiger partial charge in [-0.15, -0.1) is 5.10 Å². The molecule has 0 saturated carbocycles. The van der Waals surface area contributed by atoms with Crippen LogP contribution in [0.4, 0.5) is 0 Å². The molecule has 0 spiro atoms. The Labute approximate surface area is 107 Å². The second-order valence-corrected chi connectivity index (χ2v) is 10.7. The van der Waals surface area contributed by atoms with Crippen molar-refractivity contribution in [2.45, 2.75) is 25.3 Å². The first kappa shape index (κ1) is 12.3. The standard InChI is InChI=1S/C11H15ClN4Si/c1-17(2,3)11(16-7-6-14-15-16)9-4-5-10(12)13-8-9/h4-8,11H,1-3H3. The summed E-state index contributed by atoms with van der Waals surface area (Å²) < 4.78 is 1.91. The van der Waals surface area contributed by atoms with Crippen LogP contribution in [0.2, 0.25) is 24.8 Å². The number of aromatic nitrogens is 4. The van der Waals surface area contributed by atoms with Crippen molar-refractivity contribution < 1.29 is 0 Å². The third kappa shape index (κ3) is 2.73. The van der Waals surface area contributed by atoms with Gasteiger partial charge in [0.15, 0.2) is 0 Å². The minimum absolute atomic E-state index is 0.231. The Morgan fingerprint density at radius 2 is 2.06 bits per heavy atom. The van der Waals surface area contributed by atoms with E-state index < -0.39 is 8.07 Å². The fraction of sp³-hybridized carbons (Fsp3) is 0.364. The van der Waals surface area contributed by atoms with E-state index in [2.05, 4.69) is 34.9 Å². The highest BCUT2D eigenvalue weighted by Crippen LogP contribution is 2.27. The zero-order valence-electron chi connectivity index (χ0n) is 10.1. The van der Waals surface area contributed by atoms with Crippen molar-refractivity contribution in [1.82, 2.24) is 20.0 Å². The van der Waals surface area contributed by atoms with Crippen molar-refractivity contribution in [2.24, 2.45) is 0 Å². The van der Waals surface area contributed by atoms with Crippen LogP contribution in [0.15, 0.2) is 30.7 Å². The average molecular weight is 267 g/mol. The summed E-state index contributed by atoms with van der Waals surface area (Å²) in [5.41, 5.74) is 1.37. The Balaban J connectivity index is 2.45. The molecule has 4 nitrogen and oxygen atoms in total. The molecule has 1 unspecified atom stereocenters. The molecule has 0 aliphatic heterocycles. The van der Waals surface area contributed by atoms with Gasteiger partial charge < -0.3 is 0 Å². The molecule has 2 rings (SSSR count). The SMILES string of the molecule is C[Si](C)(C)C(c1ccc(Cl)nc1)n1ccnn1. The predicted molar refractivity (Wildman–Crippen MR) is 70.8 cm³/mol. The lowest BCUT2D eigenvalue weighted by Gasteiger charge is -2.28. The molecule has 17 heavy (non-hydrogen) atoms. The molecule has 0 saturated heterocycles. The molecular weight excluding hydrogens is 252 g/mol. The van der Waals surface area contributed by atoms with E-state index in [-0.39, 0.29) is 5.67 Å². The highest BCUT2D eigenvalue weighted by atomic mass is 35.5. The summed E-state index contributed by atoms with van der Waals surface area (Å²) in [5.74, 6) is 0. The molecule has 0 amide bonds. The van der Waals surface area contributed by atoms with Gasteiger partial charge >= 0.3 is 0 Å². The van der Waals surface area contributed by atoms with Gasteiger partial charge in [-0.25, -0.2) is 9.67 Å². The van der Waals surface area contributed by atoms with Crippen LogP contribution in [0, 0.1) is 0 Å². The van der Waals surface area contributed by atoms with Crippen LogP contribution in [-0.4, -0.2) is 28.1 Å². The number of hydrogen-bond donors (Lipinski definition) is 0. The van der Waals surface area contributed by atoms with E-state index in [1.165, 1.54) is 0 Å². The van der Waals surface area contributed by atoms with Crippen LogP contribution >= 0.6 is 11.6 Å². The summed E-state index contributed by atoms with van der Waals surface area (Å²) >= 11 is 5.82. The van der Waals surface area contributed by atoms with Crippen LogP contribution in [0.5, 0.6) is 0 Å². The summed E-state index contributed by atoms with van der Waals surface area (Å²) in [6.07, 6.45) is 5.43. The van der Waals surface area contributed by atoms with Crippen LogP contribution in [0.1, 0.15) is 11.2 Å². The van der Waals surface area contributed by atoms with Crippen molar-refractivity contribution in [2.75, 3.05) is 0 Å². The fourth-order valence-electron chi connectivity index (χ4n) is 1.95. The van der Waals surface area contributed by atoms with E-state index >= 15 is 0 Å². The zero-order valence-corrected chi connectivity index (χ0v) is 11.9. The maximum atomic E-state index is 5.82. The quantitative estimate of drug-likeness (QED) is 0.634. The molecule has 0 fully saturated rings. The van der Waals surface area contributed by atoms with Gasteiger partial charge in [0.05, 0.1) is 19.9 Å². The second-order valence-electron chi connectivity index (χ2n) is 5.07. The van der Waals surface area contributed by atoms with Gasteiger partial charge in [0.25, 0.3) is 0 Å². The summed E-state index contributed by atoms with van der Waals surface area (Å²) in [5, 5.41) is 8.53. The molecule has 0 aliphatic rings. The van der Waals surface area contributed by atoms with Gasteiger partial charge in [-0.05, 0) is 11.6 Å². The van der Waals surface area contributed by atoms with Crippen molar-refractivity contribution in [3.05, 3.63) is 41.4 Å². The maximum absolute atomic E-state index is 5.82. The van der Waals surface area contributed by atoms with E-state index in [0.717, 1.165) is 5.56 Å². The van der Waals surface area contributed by atoms with Gasteiger partial charge in [-0.1, -0.05) is 42.5 Å². The highest BCUT2D eigenvalue weighted by Gasteiger charge is 2.30. The lowest BCUT2D eigenvalue weighted by molar-refractivity contribution is 0.608. The Hall–Kier alpha value is -1.20. The molecule has 90 valence electrons. The summed E-state index contributed by atoms with van der Waals surface area (Å²) in [6, 6.07) is 3.83. The van der Waals surface area contributed by atoms with Crippen LogP contribution < -0.4 is 0 Å². The summed E-state index contributed by atoms with van der Waals surface area (Å²) in [6.45, 7) is 6.90. The molecule has 1 atom stereocenters. The largest absolute Gasteiger partial charge is 0.248 e. The maximum Gasteiger partial charge on any atom is 0.129 e. The number of halogens is 1. The predicted octanol–water partition coefficient (Wildman–Crippen LogP) is 2.79. The third-order valence-electron chi connectivity index (χ3n) is 2.59. The molecular formula is C11H15ClN4Si. The minimum Gasteiger partial charge on any atom is -0.248 e. The molecule has 0 radical (unpaired) electrons. The number of nitrogens with zero attached hydrogens (tertiary/aromatic N) is 4. The van der Waals surface area contributed by atoms with Gasteiger partial charge in [0.2, 0.25) is 0 Å². The lowest BCUT2D eigenvalue weighted by Crippen LogP contribution is -2.36. The monoisotopic (exact) mass is 266 g/mol. The Bertz CT molecular complexity index is 475. The fourth-order valence-corrected chi connectivity index (χ4v) is 4.17. The smallest absolute Gasteiger partial charge is 0.129 e. The highest BCUT2D eigenvalue weighted by molar-refractivity contribution is 6.77. The molecule has 0 aromatic carbocycles. The minimum atomic E-state index is -1.47. The molecule has 0 N–H and O–H groups in total. The third-order valence-corrected chi connectivity index (χ3v) is 5.05. The van der Waals surface area contributed by atoms with Gasteiger partial charge in [-0.3, -0.25) is 0 Å². The van der Waals surface area contributed by atoms with E-state index in [4.69, 9.17) is 11.6 Å². The normalized spacial score (nSPS) is 13.6. The van der Waals surface area contributed by atoms with Crippen LogP contribution in [-0.2, 0) is 0 Å². The molecule has 0 aliphatic carbocycles. The van der Waals surface area contributed by atoms with Crippen molar-refractivity contribution in [1.29, 1.82) is 0 Å².